The van der Waals surface area contributed by atoms with E-state index < -0.39 is 0 Å². The van der Waals surface area contributed by atoms with Crippen molar-refractivity contribution in [3.8, 4) is 6.07 Å². The molecule has 0 aliphatic carbocycles. The summed E-state index contributed by atoms with van der Waals surface area (Å²) in [5.74, 6) is -0.282. The Morgan fingerprint density at radius 1 is 1.28 bits per heavy atom. The third-order valence-electron chi connectivity index (χ3n) is 4.42. The third kappa shape index (κ3) is 4.04. The van der Waals surface area contributed by atoms with Gasteiger partial charge in [-0.3, -0.25) is 0 Å². The molecule has 0 radical (unpaired) electrons. The number of aliphatic hydroxyl groups excluding tert-OH is 1. The molecular formula is C19H19ClFN3O. The highest BCUT2D eigenvalue weighted by Crippen LogP contribution is 2.27. The Labute approximate surface area is 151 Å². The predicted octanol–water partition coefficient (Wildman–Crippen LogP) is 3.92. The molecule has 0 saturated carbocycles. The maximum Gasteiger partial charge on any atom is 0.146 e. The summed E-state index contributed by atoms with van der Waals surface area (Å²) in [6, 6.07) is 12.3. The minimum absolute atomic E-state index is 0.282. The van der Waals surface area contributed by atoms with Crippen molar-refractivity contribution in [2.24, 2.45) is 0 Å². The van der Waals surface area contributed by atoms with Gasteiger partial charge in [0.25, 0.3) is 0 Å². The molecule has 4 nitrogen and oxygen atoms in total. The molecular weight excluding hydrogens is 341 g/mol. The van der Waals surface area contributed by atoms with Gasteiger partial charge in [-0.25, -0.2) is 4.39 Å². The normalized spacial score (nSPS) is 15.0. The summed E-state index contributed by atoms with van der Waals surface area (Å²) in [6.07, 6.45) is 1.03. The highest BCUT2D eigenvalue weighted by molar-refractivity contribution is 6.33. The van der Waals surface area contributed by atoms with Crippen LogP contribution in [0, 0.1) is 17.1 Å². The minimum atomic E-state index is -0.285. The van der Waals surface area contributed by atoms with Crippen LogP contribution in [0.2, 0.25) is 5.02 Å². The van der Waals surface area contributed by atoms with Gasteiger partial charge in [0.05, 0.1) is 28.1 Å². The molecule has 2 N–H and O–H groups in total. The number of hydrogen-bond donors (Lipinski definition) is 2. The summed E-state index contributed by atoms with van der Waals surface area (Å²) >= 11 is 6.13. The number of aliphatic hydroxyl groups is 1. The molecule has 0 bridgehead atoms. The van der Waals surface area contributed by atoms with Crippen LogP contribution in [0.3, 0.4) is 0 Å². The fraction of sp³-hybridized carbons (Fsp3) is 0.316. The average molecular weight is 360 g/mol. The monoisotopic (exact) mass is 359 g/mol. The number of benzene rings is 2. The molecule has 0 amide bonds. The summed E-state index contributed by atoms with van der Waals surface area (Å²) in [7, 11) is 0. The summed E-state index contributed by atoms with van der Waals surface area (Å²) < 4.78 is 14.5. The highest BCUT2D eigenvalue weighted by atomic mass is 35.5. The second-order valence-electron chi connectivity index (χ2n) is 6.13. The topological polar surface area (TPSA) is 59.3 Å². The molecule has 1 aliphatic heterocycles. The molecule has 0 spiro atoms. The van der Waals surface area contributed by atoms with Gasteiger partial charge in [0, 0.05) is 19.6 Å². The number of piperidine rings is 1. The summed E-state index contributed by atoms with van der Waals surface area (Å²) in [6.45, 7) is 1.68. The fourth-order valence-corrected chi connectivity index (χ4v) is 3.25. The van der Waals surface area contributed by atoms with Crippen molar-refractivity contribution >= 4 is 23.0 Å². The van der Waals surface area contributed by atoms with Gasteiger partial charge in [0.2, 0.25) is 0 Å². The minimum Gasteiger partial charge on any atom is -0.393 e. The molecule has 25 heavy (non-hydrogen) atoms. The van der Waals surface area contributed by atoms with Crippen LogP contribution in [0.4, 0.5) is 15.8 Å². The Morgan fingerprint density at radius 2 is 2.04 bits per heavy atom. The van der Waals surface area contributed by atoms with Gasteiger partial charge in [-0.15, -0.1) is 0 Å². The molecule has 130 valence electrons. The van der Waals surface area contributed by atoms with E-state index in [1.807, 2.05) is 11.0 Å². The Balaban J connectivity index is 1.71. The summed E-state index contributed by atoms with van der Waals surface area (Å²) in [5, 5.41) is 22.3. The zero-order valence-electron chi connectivity index (χ0n) is 13.7. The fourth-order valence-electron chi connectivity index (χ4n) is 3.01. The maximum atomic E-state index is 14.5. The smallest absolute Gasteiger partial charge is 0.146 e. The molecule has 0 atom stereocenters. The van der Waals surface area contributed by atoms with Crippen molar-refractivity contribution in [2.45, 2.75) is 25.5 Å². The zero-order valence-corrected chi connectivity index (χ0v) is 14.4. The van der Waals surface area contributed by atoms with Crippen LogP contribution in [0.15, 0.2) is 36.4 Å². The van der Waals surface area contributed by atoms with Crippen LogP contribution in [0.1, 0.15) is 24.0 Å². The van der Waals surface area contributed by atoms with E-state index in [2.05, 4.69) is 11.4 Å². The standard InChI is InChI=1S/C19H19ClFN3O/c20-16-3-1-2-14(11-22)19(16)23-12-13-4-5-18(17(21)10-13)24-8-6-15(25)7-9-24/h1-5,10,15,23,25H,6-9,12H2. The lowest BCUT2D eigenvalue weighted by molar-refractivity contribution is 0.145. The maximum absolute atomic E-state index is 14.5. The first kappa shape index (κ1) is 17.5. The lowest BCUT2D eigenvalue weighted by Gasteiger charge is -2.31. The molecule has 3 rings (SSSR count). The molecule has 0 unspecified atom stereocenters. The molecule has 1 saturated heterocycles. The van der Waals surface area contributed by atoms with E-state index in [0.29, 0.717) is 54.4 Å². The number of para-hydroxylation sites is 1. The van der Waals surface area contributed by atoms with Crippen LogP contribution in [0.25, 0.3) is 0 Å². The highest BCUT2D eigenvalue weighted by Gasteiger charge is 2.19. The average Bonchev–Trinajstić information content (AvgIpc) is 2.61. The number of anilines is 2. The van der Waals surface area contributed by atoms with Crippen molar-refractivity contribution < 1.29 is 9.50 Å². The number of nitrogens with one attached hydrogen (secondary N) is 1. The first-order valence-electron chi connectivity index (χ1n) is 8.22. The van der Waals surface area contributed by atoms with Crippen molar-refractivity contribution in [1.82, 2.24) is 0 Å². The van der Waals surface area contributed by atoms with Gasteiger partial charge in [-0.05, 0) is 42.7 Å². The van der Waals surface area contributed by atoms with Gasteiger partial charge in [0.1, 0.15) is 11.9 Å². The Morgan fingerprint density at radius 3 is 2.72 bits per heavy atom. The van der Waals surface area contributed by atoms with Gasteiger partial charge < -0.3 is 15.3 Å². The third-order valence-corrected chi connectivity index (χ3v) is 4.74. The van der Waals surface area contributed by atoms with Crippen LogP contribution >= 0.6 is 11.6 Å². The number of halogens is 2. The van der Waals surface area contributed by atoms with Crippen molar-refractivity contribution in [3.05, 3.63) is 58.4 Å². The molecule has 2 aromatic rings. The Hall–Kier alpha value is -2.29. The molecule has 6 heteroatoms. The zero-order chi connectivity index (χ0) is 17.8. The molecule has 1 fully saturated rings. The summed E-state index contributed by atoms with van der Waals surface area (Å²) in [4.78, 5) is 1.96. The van der Waals surface area contributed by atoms with E-state index in [-0.39, 0.29) is 11.9 Å². The number of hydrogen-bond acceptors (Lipinski definition) is 4. The SMILES string of the molecule is N#Cc1cccc(Cl)c1NCc1ccc(N2CCC(O)CC2)c(F)c1. The Bertz CT molecular complexity index is 798. The van der Waals surface area contributed by atoms with E-state index in [4.69, 9.17) is 16.9 Å². The number of nitriles is 1. The van der Waals surface area contributed by atoms with Gasteiger partial charge in [-0.2, -0.15) is 5.26 Å². The van der Waals surface area contributed by atoms with E-state index in [9.17, 15) is 9.50 Å². The second-order valence-corrected chi connectivity index (χ2v) is 6.54. The quantitative estimate of drug-likeness (QED) is 0.868. The van der Waals surface area contributed by atoms with E-state index in [0.717, 1.165) is 5.56 Å². The van der Waals surface area contributed by atoms with Gasteiger partial charge in [0.15, 0.2) is 0 Å². The number of rotatable bonds is 4. The van der Waals surface area contributed by atoms with Crippen LogP contribution in [-0.4, -0.2) is 24.3 Å². The van der Waals surface area contributed by atoms with Crippen molar-refractivity contribution in [1.29, 1.82) is 5.26 Å². The molecule has 0 aromatic heterocycles. The van der Waals surface area contributed by atoms with E-state index in [1.54, 1.807) is 24.3 Å². The predicted molar refractivity (Wildman–Crippen MR) is 97.3 cm³/mol. The van der Waals surface area contributed by atoms with Crippen molar-refractivity contribution in [2.75, 3.05) is 23.3 Å². The van der Waals surface area contributed by atoms with E-state index >= 15 is 0 Å². The first-order valence-corrected chi connectivity index (χ1v) is 8.60. The largest absolute Gasteiger partial charge is 0.393 e. The summed E-state index contributed by atoms with van der Waals surface area (Å²) in [5.41, 5.74) is 2.34. The van der Waals surface area contributed by atoms with E-state index in [1.165, 1.54) is 6.07 Å². The van der Waals surface area contributed by atoms with Gasteiger partial charge >= 0.3 is 0 Å². The molecule has 1 heterocycles. The van der Waals surface area contributed by atoms with Crippen LogP contribution in [-0.2, 0) is 6.54 Å². The number of nitrogens with zero attached hydrogens (tertiary/aromatic N) is 2. The van der Waals surface area contributed by atoms with Crippen LogP contribution < -0.4 is 10.2 Å². The second kappa shape index (κ2) is 7.73. The van der Waals surface area contributed by atoms with Gasteiger partial charge in [-0.1, -0.05) is 23.7 Å². The Kier molecular flexibility index (Phi) is 5.42. The lowest BCUT2D eigenvalue weighted by atomic mass is 10.1. The van der Waals surface area contributed by atoms with Crippen molar-refractivity contribution in [3.63, 3.8) is 0 Å². The van der Waals surface area contributed by atoms with Crippen LogP contribution in [0.5, 0.6) is 0 Å². The molecule has 1 aliphatic rings. The first-order chi connectivity index (χ1) is 12.1. The molecule has 2 aromatic carbocycles. The lowest BCUT2D eigenvalue weighted by Crippen LogP contribution is -2.36.